The first kappa shape index (κ1) is 18.7. The van der Waals surface area contributed by atoms with E-state index in [4.69, 9.17) is 0 Å². The fraction of sp³-hybridized carbons (Fsp3) is 0.435. The number of nitrogens with one attached hydrogen (secondary N) is 1. The van der Waals surface area contributed by atoms with Crippen molar-refractivity contribution in [1.29, 1.82) is 0 Å². The molecule has 0 aliphatic carbocycles. The van der Waals surface area contributed by atoms with Crippen LogP contribution < -0.4 is 5.32 Å². The van der Waals surface area contributed by atoms with Gasteiger partial charge in [0.15, 0.2) is 6.04 Å². The van der Waals surface area contributed by atoms with Crippen LogP contribution >= 0.6 is 0 Å². The average Bonchev–Trinajstić information content (AvgIpc) is 3.10. The Morgan fingerprint density at radius 1 is 1.12 bits per heavy atom. The van der Waals surface area contributed by atoms with Gasteiger partial charge in [-0.1, -0.05) is 48.5 Å². The molecule has 3 atom stereocenters. The van der Waals surface area contributed by atoms with E-state index >= 15 is 0 Å². The quantitative estimate of drug-likeness (QED) is 0.755. The Kier molecular flexibility index (Phi) is 5.47. The van der Waals surface area contributed by atoms with Crippen LogP contribution in [-0.4, -0.2) is 29.5 Å². The lowest BCUT2D eigenvalue weighted by atomic mass is 10.00. The van der Waals surface area contributed by atoms with Crippen LogP contribution in [0.25, 0.3) is 0 Å². The van der Waals surface area contributed by atoms with Gasteiger partial charge in [0.25, 0.3) is 5.91 Å². The van der Waals surface area contributed by atoms with Crippen molar-refractivity contribution in [1.82, 2.24) is 0 Å². The number of likely N-dealkylation sites (N-methyl/N-ethyl adjacent to an activating group) is 1. The third-order valence-corrected chi connectivity index (χ3v) is 6.33. The zero-order chi connectivity index (χ0) is 18.7. The number of nitrogens with zero attached hydrogens (tertiary/aromatic N) is 1. The molecule has 0 aromatic heterocycles. The minimum absolute atomic E-state index is 0.0771. The van der Waals surface area contributed by atoms with E-state index in [0.29, 0.717) is 6.04 Å². The number of benzene rings is 2. The Labute approximate surface area is 157 Å². The van der Waals surface area contributed by atoms with Gasteiger partial charge in [0.05, 0.1) is 13.1 Å². The van der Waals surface area contributed by atoms with Crippen molar-refractivity contribution >= 4 is 11.6 Å². The maximum Gasteiger partial charge on any atom is 0.282 e. The molecular formula is C23H31N2O+. The van der Waals surface area contributed by atoms with E-state index in [1.165, 1.54) is 12.0 Å². The van der Waals surface area contributed by atoms with Crippen molar-refractivity contribution < 1.29 is 9.28 Å². The van der Waals surface area contributed by atoms with Crippen LogP contribution in [0.5, 0.6) is 0 Å². The van der Waals surface area contributed by atoms with Crippen molar-refractivity contribution in [3.8, 4) is 0 Å². The standard InChI is InChI=1S/C23H30N2O/c1-5-25(16-10-15-21(25)20-13-7-6-8-14-20)19(4)23(26)24-22-17(2)11-9-12-18(22)3/h6-9,11-14,19,21H,5,10,15-16H2,1-4H3/p+1. The minimum atomic E-state index is -0.0771. The molecule has 1 aliphatic rings. The zero-order valence-corrected chi connectivity index (χ0v) is 16.5. The number of likely N-dealkylation sites (tertiary alicyclic amines) is 1. The lowest BCUT2D eigenvalue weighted by Gasteiger charge is -2.43. The molecule has 1 N–H and O–H groups in total. The third-order valence-electron chi connectivity index (χ3n) is 6.33. The first-order valence-corrected chi connectivity index (χ1v) is 9.78. The molecule has 0 radical (unpaired) electrons. The molecule has 1 heterocycles. The van der Waals surface area contributed by atoms with Crippen LogP contribution in [0.3, 0.4) is 0 Å². The smallest absolute Gasteiger partial charge is 0.282 e. The second kappa shape index (κ2) is 7.63. The minimum Gasteiger partial charge on any atom is -0.320 e. The second-order valence-corrected chi connectivity index (χ2v) is 7.64. The molecule has 0 bridgehead atoms. The molecule has 26 heavy (non-hydrogen) atoms. The number of quaternary nitrogens is 1. The summed E-state index contributed by atoms with van der Waals surface area (Å²) in [5.74, 6) is 0.132. The zero-order valence-electron chi connectivity index (χ0n) is 16.5. The van der Waals surface area contributed by atoms with Gasteiger partial charge in [-0.2, -0.15) is 0 Å². The topological polar surface area (TPSA) is 29.1 Å². The summed E-state index contributed by atoms with van der Waals surface area (Å²) in [6.45, 7) is 10.5. The summed E-state index contributed by atoms with van der Waals surface area (Å²) in [5, 5.41) is 3.23. The number of rotatable bonds is 5. The number of para-hydroxylation sites is 1. The van der Waals surface area contributed by atoms with Crippen molar-refractivity contribution in [2.45, 2.75) is 52.6 Å². The first-order chi connectivity index (χ1) is 12.5. The van der Waals surface area contributed by atoms with Crippen molar-refractivity contribution in [2.75, 3.05) is 18.4 Å². The number of amides is 1. The SMILES string of the molecule is CC[N+]1(C(C)C(=O)Nc2c(C)cccc2C)CCCC1c1ccccc1. The number of aryl methyl sites for hydroxylation is 2. The van der Waals surface area contributed by atoms with Crippen LogP contribution in [0.4, 0.5) is 5.69 Å². The largest absolute Gasteiger partial charge is 0.320 e. The van der Waals surface area contributed by atoms with E-state index < -0.39 is 0 Å². The Balaban J connectivity index is 1.88. The predicted octanol–water partition coefficient (Wildman–Crippen LogP) is 5.00. The van der Waals surface area contributed by atoms with Gasteiger partial charge < -0.3 is 9.80 Å². The number of anilines is 1. The van der Waals surface area contributed by atoms with E-state index in [1.807, 2.05) is 6.07 Å². The first-order valence-electron chi connectivity index (χ1n) is 9.78. The maximum atomic E-state index is 13.2. The van der Waals surface area contributed by atoms with Crippen molar-refractivity contribution in [3.63, 3.8) is 0 Å². The normalized spacial score (nSPS) is 23.6. The molecule has 0 spiro atoms. The summed E-state index contributed by atoms with van der Waals surface area (Å²) in [4.78, 5) is 13.2. The van der Waals surface area contributed by atoms with Crippen molar-refractivity contribution in [3.05, 3.63) is 65.2 Å². The highest BCUT2D eigenvalue weighted by molar-refractivity contribution is 5.95. The third kappa shape index (κ3) is 3.28. The Bertz CT molecular complexity index is 751. The molecule has 2 aromatic rings. The maximum absolute atomic E-state index is 13.2. The van der Waals surface area contributed by atoms with Gasteiger partial charge in [-0.15, -0.1) is 0 Å². The molecule has 1 aliphatic heterocycles. The van der Waals surface area contributed by atoms with Crippen LogP contribution in [-0.2, 0) is 4.79 Å². The summed E-state index contributed by atoms with van der Waals surface area (Å²) in [6, 6.07) is 17.2. The molecule has 138 valence electrons. The summed E-state index contributed by atoms with van der Waals surface area (Å²) in [5.41, 5.74) is 4.57. The molecule has 3 heteroatoms. The predicted molar refractivity (Wildman–Crippen MR) is 108 cm³/mol. The number of carbonyl (C=O) groups is 1. The van der Waals surface area contributed by atoms with Gasteiger partial charge >= 0.3 is 0 Å². The van der Waals surface area contributed by atoms with Crippen LogP contribution in [0.2, 0.25) is 0 Å². The molecular weight excluding hydrogens is 320 g/mol. The molecule has 1 fully saturated rings. The van der Waals surface area contributed by atoms with E-state index in [1.54, 1.807) is 0 Å². The number of hydrogen-bond donors (Lipinski definition) is 1. The molecule has 3 unspecified atom stereocenters. The second-order valence-electron chi connectivity index (χ2n) is 7.64. The van der Waals surface area contributed by atoms with Gasteiger partial charge in [-0.05, 0) is 38.8 Å². The fourth-order valence-electron chi connectivity index (χ4n) is 4.72. The molecule has 3 nitrogen and oxygen atoms in total. The van der Waals surface area contributed by atoms with E-state index in [9.17, 15) is 4.79 Å². The lowest BCUT2D eigenvalue weighted by molar-refractivity contribution is -0.956. The van der Waals surface area contributed by atoms with Crippen LogP contribution in [0.15, 0.2) is 48.5 Å². The molecule has 0 saturated carbocycles. The van der Waals surface area contributed by atoms with E-state index in [-0.39, 0.29) is 11.9 Å². The summed E-state index contributed by atoms with van der Waals surface area (Å²) in [6.07, 6.45) is 2.33. The Hall–Kier alpha value is -2.13. The Morgan fingerprint density at radius 2 is 1.77 bits per heavy atom. The van der Waals surface area contributed by atoms with Gasteiger partial charge in [-0.25, -0.2) is 0 Å². The highest BCUT2D eigenvalue weighted by atomic mass is 16.2. The molecule has 1 amide bonds. The highest BCUT2D eigenvalue weighted by Crippen LogP contribution is 2.41. The van der Waals surface area contributed by atoms with E-state index in [0.717, 1.165) is 40.8 Å². The number of carbonyl (C=O) groups excluding carboxylic acids is 1. The number of hydrogen-bond acceptors (Lipinski definition) is 1. The highest BCUT2D eigenvalue weighted by Gasteiger charge is 2.48. The van der Waals surface area contributed by atoms with Crippen LogP contribution in [0.1, 0.15) is 49.4 Å². The van der Waals surface area contributed by atoms with Crippen molar-refractivity contribution in [2.24, 2.45) is 0 Å². The molecule has 2 aromatic carbocycles. The lowest BCUT2D eigenvalue weighted by Crippen LogP contribution is -2.57. The molecule has 1 saturated heterocycles. The Morgan fingerprint density at radius 3 is 2.38 bits per heavy atom. The molecule has 3 rings (SSSR count). The van der Waals surface area contributed by atoms with Gasteiger partial charge in [0.1, 0.15) is 6.04 Å². The summed E-state index contributed by atoms with van der Waals surface area (Å²) < 4.78 is 0.848. The summed E-state index contributed by atoms with van der Waals surface area (Å²) >= 11 is 0. The van der Waals surface area contributed by atoms with Gasteiger partial charge in [-0.3, -0.25) is 4.79 Å². The summed E-state index contributed by atoms with van der Waals surface area (Å²) in [7, 11) is 0. The fourth-order valence-corrected chi connectivity index (χ4v) is 4.72. The van der Waals surface area contributed by atoms with Gasteiger partial charge in [0.2, 0.25) is 0 Å². The van der Waals surface area contributed by atoms with E-state index in [2.05, 4.69) is 75.5 Å². The monoisotopic (exact) mass is 351 g/mol. The van der Waals surface area contributed by atoms with Gasteiger partial charge in [0, 0.05) is 24.1 Å². The van der Waals surface area contributed by atoms with Crippen LogP contribution in [0, 0.1) is 13.8 Å². The average molecular weight is 352 g/mol.